The number of fused-ring (bicyclic) bond motifs is 1. The Balaban J connectivity index is 1.27. The summed E-state index contributed by atoms with van der Waals surface area (Å²) in [6.07, 6.45) is 0.478. The predicted molar refractivity (Wildman–Crippen MR) is 126 cm³/mol. The van der Waals surface area contributed by atoms with E-state index in [1.807, 2.05) is 53.4 Å². The fraction of sp³-hybridized carbons (Fsp3) is 0.296. The summed E-state index contributed by atoms with van der Waals surface area (Å²) in [6, 6.07) is 26.7. The van der Waals surface area contributed by atoms with Crippen LogP contribution in [0.5, 0.6) is 11.5 Å². The monoisotopic (exact) mass is 428 g/mol. The first-order valence-corrected chi connectivity index (χ1v) is 11.3. The van der Waals surface area contributed by atoms with Gasteiger partial charge in [0.05, 0.1) is 5.69 Å². The standard InChI is InChI=1S/C27H28N2O3/c30-26(20-23(21-8-3-1-4-9-21)22-10-5-2-6-11-22)29-16-14-28(15-17-29)24-12-7-13-25-27(24)32-19-18-31-25/h1-13,23H,14-20H2. The van der Waals surface area contributed by atoms with Crippen molar-refractivity contribution in [2.45, 2.75) is 12.3 Å². The molecule has 0 aliphatic carbocycles. The van der Waals surface area contributed by atoms with E-state index in [0.29, 0.717) is 32.7 Å². The minimum atomic E-state index is 0.0645. The number of rotatable bonds is 5. The first-order chi connectivity index (χ1) is 15.8. The fourth-order valence-electron chi connectivity index (χ4n) is 4.61. The maximum Gasteiger partial charge on any atom is 0.223 e. The number of para-hydroxylation sites is 1. The van der Waals surface area contributed by atoms with E-state index in [0.717, 1.165) is 30.3 Å². The van der Waals surface area contributed by atoms with Crippen molar-refractivity contribution in [2.24, 2.45) is 0 Å². The Hall–Kier alpha value is -3.47. The van der Waals surface area contributed by atoms with Gasteiger partial charge >= 0.3 is 0 Å². The molecule has 2 aliphatic rings. The summed E-state index contributed by atoms with van der Waals surface area (Å²) in [7, 11) is 0. The third kappa shape index (κ3) is 4.28. The molecule has 5 rings (SSSR count). The summed E-state index contributed by atoms with van der Waals surface area (Å²) in [6.45, 7) is 4.14. The molecule has 0 atom stereocenters. The summed E-state index contributed by atoms with van der Waals surface area (Å²) >= 11 is 0. The zero-order chi connectivity index (χ0) is 21.8. The van der Waals surface area contributed by atoms with Gasteiger partial charge in [0.15, 0.2) is 11.5 Å². The molecule has 3 aromatic carbocycles. The molecule has 0 bridgehead atoms. The molecule has 1 saturated heterocycles. The third-order valence-corrected chi connectivity index (χ3v) is 6.30. The predicted octanol–water partition coefficient (Wildman–Crippen LogP) is 4.33. The summed E-state index contributed by atoms with van der Waals surface area (Å²) in [5.74, 6) is 1.90. The molecule has 32 heavy (non-hydrogen) atoms. The lowest BCUT2D eigenvalue weighted by molar-refractivity contribution is -0.131. The molecule has 5 nitrogen and oxygen atoms in total. The van der Waals surface area contributed by atoms with Crippen molar-refractivity contribution in [1.29, 1.82) is 0 Å². The Morgan fingerprint density at radius 2 is 1.38 bits per heavy atom. The van der Waals surface area contributed by atoms with Gasteiger partial charge in [0, 0.05) is 38.5 Å². The zero-order valence-electron chi connectivity index (χ0n) is 18.2. The Labute approximate surface area is 189 Å². The Morgan fingerprint density at radius 1 is 0.750 bits per heavy atom. The number of benzene rings is 3. The highest BCUT2D eigenvalue weighted by atomic mass is 16.6. The van der Waals surface area contributed by atoms with E-state index < -0.39 is 0 Å². The largest absolute Gasteiger partial charge is 0.486 e. The van der Waals surface area contributed by atoms with Crippen molar-refractivity contribution in [1.82, 2.24) is 4.90 Å². The molecule has 0 N–H and O–H groups in total. The van der Waals surface area contributed by atoms with Gasteiger partial charge in [-0.05, 0) is 23.3 Å². The molecule has 1 fully saturated rings. The number of hydrogen-bond donors (Lipinski definition) is 0. The molecule has 0 spiro atoms. The van der Waals surface area contributed by atoms with Crippen LogP contribution in [0.15, 0.2) is 78.9 Å². The van der Waals surface area contributed by atoms with Gasteiger partial charge in [-0.3, -0.25) is 4.79 Å². The molecule has 0 unspecified atom stereocenters. The number of amides is 1. The van der Waals surface area contributed by atoms with Crippen molar-refractivity contribution in [2.75, 3.05) is 44.3 Å². The molecule has 0 saturated carbocycles. The van der Waals surface area contributed by atoms with Crippen LogP contribution in [0.3, 0.4) is 0 Å². The maximum absolute atomic E-state index is 13.3. The van der Waals surface area contributed by atoms with Crippen LogP contribution in [-0.4, -0.2) is 50.2 Å². The quantitative estimate of drug-likeness (QED) is 0.607. The van der Waals surface area contributed by atoms with Crippen LogP contribution in [0.4, 0.5) is 5.69 Å². The number of anilines is 1. The van der Waals surface area contributed by atoms with E-state index in [1.165, 1.54) is 11.1 Å². The van der Waals surface area contributed by atoms with Crippen molar-refractivity contribution in [3.8, 4) is 11.5 Å². The smallest absolute Gasteiger partial charge is 0.223 e. The summed E-state index contributed by atoms with van der Waals surface area (Å²) in [4.78, 5) is 17.6. The molecule has 2 heterocycles. The highest BCUT2D eigenvalue weighted by molar-refractivity contribution is 5.78. The molecule has 2 aliphatic heterocycles. The summed E-state index contributed by atoms with van der Waals surface area (Å²) in [5.41, 5.74) is 3.42. The molecular formula is C27H28N2O3. The topological polar surface area (TPSA) is 42.0 Å². The highest BCUT2D eigenvalue weighted by Crippen LogP contribution is 2.40. The van der Waals surface area contributed by atoms with E-state index in [2.05, 4.69) is 35.2 Å². The van der Waals surface area contributed by atoms with Gasteiger partial charge in [-0.15, -0.1) is 0 Å². The first kappa shape index (κ1) is 20.4. The fourth-order valence-corrected chi connectivity index (χ4v) is 4.61. The van der Waals surface area contributed by atoms with Crippen molar-refractivity contribution in [3.63, 3.8) is 0 Å². The van der Waals surface area contributed by atoms with Crippen LogP contribution < -0.4 is 14.4 Å². The van der Waals surface area contributed by atoms with Crippen molar-refractivity contribution < 1.29 is 14.3 Å². The number of ether oxygens (including phenoxy) is 2. The van der Waals surface area contributed by atoms with Crippen LogP contribution >= 0.6 is 0 Å². The lowest BCUT2D eigenvalue weighted by Gasteiger charge is -2.38. The number of carbonyl (C=O) groups is 1. The summed E-state index contributed by atoms with van der Waals surface area (Å²) in [5, 5.41) is 0. The normalized spacial score (nSPS) is 15.7. The average Bonchev–Trinajstić information content (AvgIpc) is 2.88. The van der Waals surface area contributed by atoms with Gasteiger partial charge in [-0.25, -0.2) is 0 Å². The highest BCUT2D eigenvalue weighted by Gasteiger charge is 2.27. The van der Waals surface area contributed by atoms with Crippen LogP contribution in [0.2, 0.25) is 0 Å². The Morgan fingerprint density at radius 3 is 2.03 bits per heavy atom. The minimum Gasteiger partial charge on any atom is -0.486 e. The molecule has 1 amide bonds. The Kier molecular flexibility index (Phi) is 5.97. The van der Waals surface area contributed by atoms with Crippen LogP contribution in [0, 0.1) is 0 Å². The Bertz CT molecular complexity index is 1010. The van der Waals surface area contributed by atoms with Gasteiger partial charge in [-0.1, -0.05) is 66.7 Å². The number of piperazine rings is 1. The molecule has 0 radical (unpaired) electrons. The number of carbonyl (C=O) groups excluding carboxylic acids is 1. The second kappa shape index (κ2) is 9.35. The van der Waals surface area contributed by atoms with Gasteiger partial charge in [0.1, 0.15) is 13.2 Å². The third-order valence-electron chi connectivity index (χ3n) is 6.30. The molecule has 0 aromatic heterocycles. The van der Waals surface area contributed by atoms with E-state index >= 15 is 0 Å². The van der Waals surface area contributed by atoms with Crippen LogP contribution in [-0.2, 0) is 4.79 Å². The van der Waals surface area contributed by atoms with E-state index in [9.17, 15) is 4.79 Å². The lowest BCUT2D eigenvalue weighted by atomic mass is 9.88. The van der Waals surface area contributed by atoms with Crippen LogP contribution in [0.1, 0.15) is 23.5 Å². The van der Waals surface area contributed by atoms with E-state index in [-0.39, 0.29) is 11.8 Å². The van der Waals surface area contributed by atoms with Gasteiger partial charge < -0.3 is 19.3 Å². The molecule has 5 heteroatoms. The number of hydrogen-bond acceptors (Lipinski definition) is 4. The van der Waals surface area contributed by atoms with E-state index in [4.69, 9.17) is 9.47 Å². The van der Waals surface area contributed by atoms with Crippen molar-refractivity contribution in [3.05, 3.63) is 90.0 Å². The molecule has 164 valence electrons. The summed E-state index contributed by atoms with van der Waals surface area (Å²) < 4.78 is 11.6. The minimum absolute atomic E-state index is 0.0645. The zero-order valence-corrected chi connectivity index (χ0v) is 18.2. The van der Waals surface area contributed by atoms with Crippen LogP contribution in [0.25, 0.3) is 0 Å². The molecule has 3 aromatic rings. The SMILES string of the molecule is O=C(CC(c1ccccc1)c1ccccc1)N1CCN(c2cccc3c2OCCO3)CC1. The van der Waals surface area contributed by atoms with Gasteiger partial charge in [-0.2, -0.15) is 0 Å². The van der Waals surface area contributed by atoms with E-state index in [1.54, 1.807) is 0 Å². The molecular weight excluding hydrogens is 400 g/mol. The van der Waals surface area contributed by atoms with Crippen molar-refractivity contribution >= 4 is 11.6 Å². The maximum atomic E-state index is 13.3. The average molecular weight is 429 g/mol. The first-order valence-electron chi connectivity index (χ1n) is 11.3. The van der Waals surface area contributed by atoms with Gasteiger partial charge in [0.25, 0.3) is 0 Å². The number of nitrogens with zero attached hydrogens (tertiary/aromatic N) is 2. The second-order valence-electron chi connectivity index (χ2n) is 8.25. The second-order valence-corrected chi connectivity index (χ2v) is 8.25. The van der Waals surface area contributed by atoms with Gasteiger partial charge in [0.2, 0.25) is 5.91 Å². The lowest BCUT2D eigenvalue weighted by Crippen LogP contribution is -2.49.